The number of halogens is 1. The number of hydrogen-bond donors (Lipinski definition) is 2. The molecule has 0 fully saturated rings. The zero-order valence-electron chi connectivity index (χ0n) is 6.82. The average Bonchev–Trinajstić information content (AvgIpc) is 2.50. The van der Waals surface area contributed by atoms with E-state index in [1.807, 2.05) is 0 Å². The molecule has 72 valence electrons. The monoisotopic (exact) mass is 272 g/mol. The van der Waals surface area contributed by atoms with Gasteiger partial charge in [0.25, 0.3) is 0 Å². The molecular formula is C7H5BrN4OS. The molecule has 0 atom stereocenters. The van der Waals surface area contributed by atoms with E-state index >= 15 is 0 Å². The first-order valence-corrected chi connectivity index (χ1v) is 4.85. The second kappa shape index (κ2) is 3.50. The molecule has 3 N–H and O–H groups in total. The van der Waals surface area contributed by atoms with Crippen LogP contribution in [0.2, 0.25) is 0 Å². The Bertz CT molecular complexity index is 520. The van der Waals surface area contributed by atoms with E-state index in [2.05, 4.69) is 30.9 Å². The van der Waals surface area contributed by atoms with Crippen molar-refractivity contribution in [2.45, 2.75) is 0 Å². The lowest BCUT2D eigenvalue weighted by atomic mass is 10.4. The van der Waals surface area contributed by atoms with Gasteiger partial charge in [-0.15, -0.1) is 0 Å². The molecule has 2 heterocycles. The van der Waals surface area contributed by atoms with E-state index in [-0.39, 0.29) is 10.7 Å². The molecule has 0 bridgehead atoms. The predicted molar refractivity (Wildman–Crippen MR) is 57.0 cm³/mol. The number of hydrogen-bond acceptors (Lipinski definition) is 5. The molecule has 2 aromatic heterocycles. The lowest BCUT2D eigenvalue weighted by Crippen LogP contribution is -1.99. The molecule has 7 heteroatoms. The second-order valence-corrected chi connectivity index (χ2v) is 3.62. The van der Waals surface area contributed by atoms with Gasteiger partial charge in [0.05, 0.1) is 0 Å². The van der Waals surface area contributed by atoms with E-state index in [9.17, 15) is 0 Å². The number of nitrogens with one attached hydrogen (secondary N) is 1. The van der Waals surface area contributed by atoms with Crippen molar-refractivity contribution in [3.8, 4) is 11.6 Å². The minimum atomic E-state index is 0.184. The molecule has 2 aromatic rings. The van der Waals surface area contributed by atoms with Gasteiger partial charge >= 0.3 is 0 Å². The Morgan fingerprint density at radius 1 is 1.43 bits per heavy atom. The Morgan fingerprint density at radius 2 is 2.21 bits per heavy atom. The van der Waals surface area contributed by atoms with Gasteiger partial charge in [0.15, 0.2) is 16.3 Å². The van der Waals surface area contributed by atoms with E-state index < -0.39 is 0 Å². The summed E-state index contributed by atoms with van der Waals surface area (Å²) in [6.07, 6.45) is 0. The smallest absolute Gasteiger partial charge is 0.224 e. The van der Waals surface area contributed by atoms with Gasteiger partial charge in [-0.1, -0.05) is 0 Å². The van der Waals surface area contributed by atoms with E-state index in [4.69, 9.17) is 22.4 Å². The van der Waals surface area contributed by atoms with Gasteiger partial charge in [-0.3, -0.25) is 0 Å². The first-order valence-electron chi connectivity index (χ1n) is 3.65. The van der Waals surface area contributed by atoms with E-state index in [0.29, 0.717) is 16.3 Å². The van der Waals surface area contributed by atoms with Gasteiger partial charge in [-0.05, 0) is 40.3 Å². The third kappa shape index (κ3) is 1.83. The Hall–Kier alpha value is -1.21. The van der Waals surface area contributed by atoms with Crippen molar-refractivity contribution in [1.82, 2.24) is 15.0 Å². The second-order valence-electron chi connectivity index (χ2n) is 2.47. The summed E-state index contributed by atoms with van der Waals surface area (Å²) in [6.45, 7) is 0. The van der Waals surface area contributed by atoms with Crippen molar-refractivity contribution in [3.63, 3.8) is 0 Å². The number of aromatic nitrogens is 3. The molecule has 0 spiro atoms. The van der Waals surface area contributed by atoms with Crippen molar-refractivity contribution in [3.05, 3.63) is 21.6 Å². The fraction of sp³-hybridized carbons (Fsp3) is 0. The molecule has 14 heavy (non-hydrogen) atoms. The number of anilines is 1. The quantitative estimate of drug-likeness (QED) is 0.778. The summed E-state index contributed by atoms with van der Waals surface area (Å²) < 4.78 is 6.07. The third-order valence-corrected chi connectivity index (χ3v) is 2.09. The lowest BCUT2D eigenvalue weighted by molar-refractivity contribution is 0.551. The first-order chi connectivity index (χ1) is 6.65. The van der Waals surface area contributed by atoms with Crippen molar-refractivity contribution in [2.75, 3.05) is 5.73 Å². The maximum absolute atomic E-state index is 5.48. The van der Waals surface area contributed by atoms with E-state index in [0.717, 1.165) is 0 Å². The van der Waals surface area contributed by atoms with Crippen LogP contribution in [0.15, 0.2) is 21.2 Å². The van der Waals surface area contributed by atoms with Crippen molar-refractivity contribution >= 4 is 34.1 Å². The molecule has 0 saturated heterocycles. The zero-order chi connectivity index (χ0) is 10.1. The maximum atomic E-state index is 5.48. The number of nitrogens with two attached hydrogens (primary N) is 1. The minimum Gasteiger partial charge on any atom is -0.446 e. The van der Waals surface area contributed by atoms with Crippen LogP contribution in [0, 0.1) is 4.77 Å². The number of nitrogens with zero attached hydrogens (tertiary/aromatic N) is 2. The highest BCUT2D eigenvalue weighted by Crippen LogP contribution is 2.21. The summed E-state index contributed by atoms with van der Waals surface area (Å²) in [6, 6.07) is 3.50. The van der Waals surface area contributed by atoms with Crippen LogP contribution in [0.3, 0.4) is 0 Å². The first kappa shape index (κ1) is 9.35. The molecular weight excluding hydrogens is 268 g/mol. The third-order valence-electron chi connectivity index (χ3n) is 1.48. The normalized spacial score (nSPS) is 10.4. The summed E-state index contributed by atoms with van der Waals surface area (Å²) >= 11 is 8.00. The number of nitrogen functional groups attached to an aromatic ring is 1. The summed E-state index contributed by atoms with van der Waals surface area (Å²) in [4.78, 5) is 10.5. The van der Waals surface area contributed by atoms with Crippen LogP contribution in [-0.2, 0) is 0 Å². The van der Waals surface area contributed by atoms with Crippen LogP contribution in [0.5, 0.6) is 0 Å². The van der Waals surface area contributed by atoms with Gasteiger partial charge in [0, 0.05) is 0 Å². The Kier molecular flexibility index (Phi) is 2.34. The van der Waals surface area contributed by atoms with Gasteiger partial charge in [-0.25, -0.2) is 0 Å². The summed E-state index contributed by atoms with van der Waals surface area (Å²) in [5.41, 5.74) is 5.48. The standard InChI is InChI=1S/C7H5BrN4OS/c8-4-2-1-3(13-4)5-10-6(9)12-7(14)11-5/h1-2H,(H3,9,10,11,12,14). The molecule has 2 rings (SSSR count). The number of aromatic amines is 1. The highest BCUT2D eigenvalue weighted by atomic mass is 79.9. The fourth-order valence-electron chi connectivity index (χ4n) is 0.959. The number of rotatable bonds is 1. The fourth-order valence-corrected chi connectivity index (χ4v) is 1.46. The maximum Gasteiger partial charge on any atom is 0.224 e. The van der Waals surface area contributed by atoms with Gasteiger partial charge < -0.3 is 15.1 Å². The van der Waals surface area contributed by atoms with E-state index in [1.165, 1.54) is 0 Å². The lowest BCUT2D eigenvalue weighted by Gasteiger charge is -1.97. The number of H-pyrrole nitrogens is 1. The molecule has 0 amide bonds. The van der Waals surface area contributed by atoms with Crippen LogP contribution in [0.25, 0.3) is 11.6 Å². The minimum absolute atomic E-state index is 0.184. The molecule has 0 saturated carbocycles. The van der Waals surface area contributed by atoms with Crippen LogP contribution in [-0.4, -0.2) is 15.0 Å². The molecule has 0 aliphatic rings. The molecule has 0 aromatic carbocycles. The molecule has 0 unspecified atom stereocenters. The van der Waals surface area contributed by atoms with Crippen molar-refractivity contribution in [1.29, 1.82) is 0 Å². The SMILES string of the molecule is Nc1nc(=S)nc(-c2ccc(Br)o2)[nH]1. The summed E-state index contributed by atoms with van der Waals surface area (Å²) in [5, 5.41) is 0. The van der Waals surface area contributed by atoms with Crippen LogP contribution in [0.1, 0.15) is 0 Å². The summed E-state index contributed by atoms with van der Waals surface area (Å²) in [5.74, 6) is 1.23. The van der Waals surface area contributed by atoms with Crippen LogP contribution in [0.4, 0.5) is 5.95 Å². The number of furan rings is 1. The predicted octanol–water partition coefficient (Wildman–Crippen LogP) is 2.14. The topological polar surface area (TPSA) is 80.7 Å². The van der Waals surface area contributed by atoms with Crippen LogP contribution >= 0.6 is 28.1 Å². The Labute approximate surface area is 92.5 Å². The van der Waals surface area contributed by atoms with Gasteiger partial charge in [-0.2, -0.15) is 9.97 Å². The zero-order valence-corrected chi connectivity index (χ0v) is 9.22. The summed E-state index contributed by atoms with van der Waals surface area (Å²) in [7, 11) is 0. The molecule has 0 aliphatic carbocycles. The van der Waals surface area contributed by atoms with Crippen LogP contribution < -0.4 is 5.73 Å². The molecule has 5 nitrogen and oxygen atoms in total. The Morgan fingerprint density at radius 3 is 2.79 bits per heavy atom. The Balaban J connectivity index is 2.56. The molecule has 0 radical (unpaired) electrons. The average molecular weight is 273 g/mol. The highest BCUT2D eigenvalue weighted by Gasteiger charge is 2.06. The van der Waals surface area contributed by atoms with E-state index in [1.54, 1.807) is 12.1 Å². The van der Waals surface area contributed by atoms with Gasteiger partial charge in [0.2, 0.25) is 10.7 Å². The molecule has 0 aliphatic heterocycles. The highest BCUT2D eigenvalue weighted by molar-refractivity contribution is 9.10. The van der Waals surface area contributed by atoms with Crippen molar-refractivity contribution < 1.29 is 4.42 Å². The van der Waals surface area contributed by atoms with Gasteiger partial charge in [0.1, 0.15) is 0 Å². The van der Waals surface area contributed by atoms with Crippen molar-refractivity contribution in [2.24, 2.45) is 0 Å². The largest absolute Gasteiger partial charge is 0.446 e.